The van der Waals surface area contributed by atoms with Crippen LogP contribution in [0.3, 0.4) is 0 Å². The molecule has 7 heteroatoms. The number of pyridine rings is 1. The van der Waals surface area contributed by atoms with Crippen LogP contribution < -0.4 is 15.6 Å². The molecule has 0 aliphatic carbocycles. The van der Waals surface area contributed by atoms with Crippen LogP contribution in [0.1, 0.15) is 11.4 Å². The molecule has 1 aromatic carbocycles. The molecule has 2 heterocycles. The first kappa shape index (κ1) is 16.8. The van der Waals surface area contributed by atoms with Gasteiger partial charge in [-0.3, -0.25) is 9.59 Å². The van der Waals surface area contributed by atoms with E-state index < -0.39 is 0 Å². The fraction of sp³-hybridized carbons (Fsp3) is 0.278. The first-order valence-corrected chi connectivity index (χ1v) is 7.94. The molecule has 3 aromatic rings. The first-order valence-electron chi connectivity index (χ1n) is 7.94. The van der Waals surface area contributed by atoms with Gasteiger partial charge in [-0.2, -0.15) is 0 Å². The molecule has 0 unspecified atom stereocenters. The fourth-order valence-electron chi connectivity index (χ4n) is 2.69. The highest BCUT2D eigenvalue weighted by atomic mass is 16.5. The normalized spacial score (nSPS) is 10.8. The van der Waals surface area contributed by atoms with Gasteiger partial charge in [0, 0.05) is 30.2 Å². The monoisotopic (exact) mass is 341 g/mol. The van der Waals surface area contributed by atoms with Crippen LogP contribution in [0.5, 0.6) is 5.75 Å². The molecule has 2 aromatic heterocycles. The molecule has 130 valence electrons. The van der Waals surface area contributed by atoms with Gasteiger partial charge in [-0.05, 0) is 25.1 Å². The number of carbonyl (C=O) groups excluding carboxylic acids is 1. The van der Waals surface area contributed by atoms with Crippen molar-refractivity contribution >= 4 is 16.9 Å². The quantitative estimate of drug-likeness (QED) is 0.737. The summed E-state index contributed by atoms with van der Waals surface area (Å²) in [6.07, 6.45) is 0.132. The molecule has 0 spiro atoms. The molecule has 7 nitrogen and oxygen atoms in total. The van der Waals surface area contributed by atoms with E-state index in [0.717, 1.165) is 11.1 Å². The highest BCUT2D eigenvalue weighted by molar-refractivity contribution is 5.86. The minimum Gasteiger partial charge on any atom is -0.496 e. The summed E-state index contributed by atoms with van der Waals surface area (Å²) in [7, 11) is 1.52. The number of hydrogen-bond donors (Lipinski definition) is 1. The lowest BCUT2D eigenvalue weighted by atomic mass is 10.1. The number of aromatic nitrogens is 2. The van der Waals surface area contributed by atoms with Gasteiger partial charge in [0.25, 0.3) is 5.56 Å². The Hall–Kier alpha value is -3.09. The summed E-state index contributed by atoms with van der Waals surface area (Å²) in [5.74, 6) is 0.360. The van der Waals surface area contributed by atoms with Crippen LogP contribution in [-0.4, -0.2) is 29.3 Å². The smallest absolute Gasteiger partial charge is 0.254 e. The number of nitrogens with zero attached hydrogens (tertiary/aromatic N) is 2. The average molecular weight is 341 g/mol. The second-order valence-corrected chi connectivity index (χ2v) is 5.68. The lowest BCUT2D eigenvalue weighted by Crippen LogP contribution is -2.32. The zero-order chi connectivity index (χ0) is 17.8. The SMILES string of the molecule is COc1cc(C)n(CCNC(=O)Cc2noc3ccccc23)c(=O)c1. The van der Waals surface area contributed by atoms with Crippen molar-refractivity contribution < 1.29 is 14.1 Å². The number of methoxy groups -OCH3 is 1. The van der Waals surface area contributed by atoms with Crippen molar-refractivity contribution in [2.45, 2.75) is 19.9 Å². The number of hydrogen-bond acceptors (Lipinski definition) is 5. The number of ether oxygens (including phenoxy) is 1. The lowest BCUT2D eigenvalue weighted by molar-refractivity contribution is -0.120. The average Bonchev–Trinajstić information content (AvgIpc) is 3.00. The predicted octanol–water partition coefficient (Wildman–Crippen LogP) is 1.67. The Bertz CT molecular complexity index is 958. The molecule has 25 heavy (non-hydrogen) atoms. The van der Waals surface area contributed by atoms with Crippen LogP contribution in [0, 0.1) is 6.92 Å². The summed E-state index contributed by atoms with van der Waals surface area (Å²) >= 11 is 0. The van der Waals surface area contributed by atoms with Crippen molar-refractivity contribution in [3.05, 3.63) is 58.1 Å². The van der Waals surface area contributed by atoms with Gasteiger partial charge in [0.15, 0.2) is 5.58 Å². The predicted molar refractivity (Wildman–Crippen MR) is 92.7 cm³/mol. The Morgan fingerprint density at radius 1 is 1.32 bits per heavy atom. The Morgan fingerprint density at radius 3 is 2.88 bits per heavy atom. The van der Waals surface area contributed by atoms with Gasteiger partial charge in [0.1, 0.15) is 11.4 Å². The van der Waals surface area contributed by atoms with E-state index in [2.05, 4.69) is 10.5 Å². The van der Waals surface area contributed by atoms with Gasteiger partial charge < -0.3 is 19.1 Å². The molecule has 0 aliphatic heterocycles. The Balaban J connectivity index is 1.59. The topological polar surface area (TPSA) is 86.4 Å². The van der Waals surface area contributed by atoms with Crippen molar-refractivity contribution in [3.63, 3.8) is 0 Å². The minimum atomic E-state index is -0.168. The van der Waals surface area contributed by atoms with Crippen LogP contribution in [0.4, 0.5) is 0 Å². The molecular formula is C18H19N3O4. The number of para-hydroxylation sites is 1. The number of fused-ring (bicyclic) bond motifs is 1. The molecule has 1 amide bonds. The third kappa shape index (κ3) is 3.71. The molecule has 3 rings (SSSR count). The minimum absolute atomic E-state index is 0.132. The Labute approximate surface area is 144 Å². The Morgan fingerprint density at radius 2 is 2.12 bits per heavy atom. The maximum Gasteiger partial charge on any atom is 0.254 e. The zero-order valence-corrected chi connectivity index (χ0v) is 14.1. The number of amides is 1. The van der Waals surface area contributed by atoms with Crippen molar-refractivity contribution in [3.8, 4) is 5.75 Å². The third-order valence-corrected chi connectivity index (χ3v) is 3.98. The van der Waals surface area contributed by atoms with E-state index in [1.54, 1.807) is 10.6 Å². The van der Waals surface area contributed by atoms with E-state index in [1.807, 2.05) is 31.2 Å². The van der Waals surface area contributed by atoms with Gasteiger partial charge in [-0.1, -0.05) is 17.3 Å². The van der Waals surface area contributed by atoms with Crippen LogP contribution in [-0.2, 0) is 17.8 Å². The molecule has 0 aliphatic rings. The molecular weight excluding hydrogens is 322 g/mol. The molecule has 0 radical (unpaired) electrons. The van der Waals surface area contributed by atoms with Crippen molar-refractivity contribution in [2.24, 2.45) is 0 Å². The number of aryl methyl sites for hydroxylation is 1. The van der Waals surface area contributed by atoms with Crippen LogP contribution in [0.2, 0.25) is 0 Å². The van der Waals surface area contributed by atoms with E-state index in [4.69, 9.17) is 9.26 Å². The van der Waals surface area contributed by atoms with Gasteiger partial charge in [-0.15, -0.1) is 0 Å². The first-order chi connectivity index (χ1) is 12.1. The number of nitrogens with one attached hydrogen (secondary N) is 1. The highest BCUT2D eigenvalue weighted by Crippen LogP contribution is 2.17. The van der Waals surface area contributed by atoms with Crippen LogP contribution >= 0.6 is 0 Å². The summed E-state index contributed by atoms with van der Waals surface area (Å²) in [4.78, 5) is 24.2. The van der Waals surface area contributed by atoms with Gasteiger partial charge in [-0.25, -0.2) is 0 Å². The molecule has 0 atom stereocenters. The van der Waals surface area contributed by atoms with Crippen LogP contribution in [0.15, 0.2) is 45.7 Å². The molecule has 0 bridgehead atoms. The maximum atomic E-state index is 12.1. The summed E-state index contributed by atoms with van der Waals surface area (Å²) in [5, 5.41) is 7.58. The van der Waals surface area contributed by atoms with E-state index in [-0.39, 0.29) is 17.9 Å². The lowest BCUT2D eigenvalue weighted by Gasteiger charge is -2.11. The number of carbonyl (C=O) groups is 1. The fourth-order valence-corrected chi connectivity index (χ4v) is 2.69. The van der Waals surface area contributed by atoms with Gasteiger partial charge in [0.2, 0.25) is 5.91 Å². The molecule has 1 N–H and O–H groups in total. The number of benzene rings is 1. The zero-order valence-electron chi connectivity index (χ0n) is 14.1. The molecule has 0 fully saturated rings. The maximum absolute atomic E-state index is 12.1. The van der Waals surface area contributed by atoms with E-state index in [1.165, 1.54) is 13.2 Å². The van der Waals surface area contributed by atoms with Crippen molar-refractivity contribution in [1.82, 2.24) is 15.0 Å². The molecule has 0 saturated carbocycles. The van der Waals surface area contributed by atoms with E-state index in [0.29, 0.717) is 30.1 Å². The largest absolute Gasteiger partial charge is 0.496 e. The Kier molecular flexibility index (Phi) is 4.83. The van der Waals surface area contributed by atoms with E-state index >= 15 is 0 Å². The second-order valence-electron chi connectivity index (χ2n) is 5.68. The summed E-state index contributed by atoms with van der Waals surface area (Å²) in [5.41, 5.74) is 1.88. The highest BCUT2D eigenvalue weighted by Gasteiger charge is 2.12. The van der Waals surface area contributed by atoms with Crippen LogP contribution in [0.25, 0.3) is 11.0 Å². The van der Waals surface area contributed by atoms with Gasteiger partial charge in [0.05, 0.1) is 13.5 Å². The summed E-state index contributed by atoms with van der Waals surface area (Å²) in [6.45, 7) is 2.56. The van der Waals surface area contributed by atoms with E-state index in [9.17, 15) is 9.59 Å². The summed E-state index contributed by atoms with van der Waals surface area (Å²) in [6, 6.07) is 10.6. The standard InChI is InChI=1S/C18H19N3O4/c1-12-9-13(24-2)10-18(23)21(12)8-7-19-17(22)11-15-14-5-3-4-6-16(14)25-20-15/h3-6,9-10H,7-8,11H2,1-2H3,(H,19,22). The third-order valence-electron chi connectivity index (χ3n) is 3.98. The molecule has 0 saturated heterocycles. The second kappa shape index (κ2) is 7.21. The van der Waals surface area contributed by atoms with Gasteiger partial charge >= 0.3 is 0 Å². The number of rotatable bonds is 6. The van der Waals surface area contributed by atoms with Crippen molar-refractivity contribution in [1.29, 1.82) is 0 Å². The van der Waals surface area contributed by atoms with Crippen molar-refractivity contribution in [2.75, 3.05) is 13.7 Å². The summed E-state index contributed by atoms with van der Waals surface area (Å²) < 4.78 is 11.8.